The van der Waals surface area contributed by atoms with Gasteiger partial charge in [-0.1, -0.05) is 48.5 Å². The van der Waals surface area contributed by atoms with Crippen molar-refractivity contribution >= 4 is 66.9 Å². The maximum absolute atomic E-state index is 11.7. The van der Waals surface area contributed by atoms with Crippen LogP contribution in [0.1, 0.15) is 11.1 Å². The lowest BCUT2D eigenvalue weighted by Crippen LogP contribution is -2.29. The van der Waals surface area contributed by atoms with Gasteiger partial charge in [-0.15, -0.1) is 0 Å². The summed E-state index contributed by atoms with van der Waals surface area (Å²) in [5.41, 5.74) is 5.68. The molecule has 0 atom stereocenters. The van der Waals surface area contributed by atoms with Gasteiger partial charge in [-0.2, -0.15) is 0 Å². The lowest BCUT2D eigenvalue weighted by molar-refractivity contribution is 0.424. The van der Waals surface area contributed by atoms with Gasteiger partial charge in [0.1, 0.15) is 0 Å². The van der Waals surface area contributed by atoms with E-state index in [-0.39, 0.29) is 9.79 Å². The molecule has 236 valence electrons. The summed E-state index contributed by atoms with van der Waals surface area (Å²) in [6.07, 6.45) is 5.66. The Bertz CT molecular complexity index is 2220. The Morgan fingerprint density at radius 3 is 1.48 bits per heavy atom. The van der Waals surface area contributed by atoms with E-state index in [1.807, 2.05) is 21.3 Å². The molecule has 0 unspecified atom stereocenters. The standard InChI is InChI=1S/2C15H15BN2O4S/c1-23(21,22)13-6-7-15-14(8-13)17-10-18(15)9-11-2-4-12(5-3-11)16(19)20;1-23(21,22)13-6-7-14-15(8-13)18(10-17-14)9-11-2-4-12(5-3-11)16(19)20/h2*2-8,10,19-20H,9H2,1H3. The van der Waals surface area contributed by atoms with Crippen LogP contribution in [0.2, 0.25) is 0 Å². The van der Waals surface area contributed by atoms with Crippen LogP contribution in [0.5, 0.6) is 0 Å². The van der Waals surface area contributed by atoms with E-state index in [0.717, 1.165) is 27.7 Å². The fourth-order valence-electron chi connectivity index (χ4n) is 4.78. The molecule has 0 radical (unpaired) electrons. The van der Waals surface area contributed by atoms with Crippen molar-refractivity contribution in [2.24, 2.45) is 0 Å². The Hall–Kier alpha value is -4.31. The van der Waals surface area contributed by atoms with Crippen molar-refractivity contribution in [2.75, 3.05) is 12.5 Å². The summed E-state index contributed by atoms with van der Waals surface area (Å²) in [6.45, 7) is 1.06. The average molecular weight is 660 g/mol. The van der Waals surface area contributed by atoms with Crippen LogP contribution in [0, 0.1) is 0 Å². The van der Waals surface area contributed by atoms with E-state index in [2.05, 4.69) is 9.97 Å². The molecule has 2 aromatic heterocycles. The van der Waals surface area contributed by atoms with Gasteiger partial charge in [0.25, 0.3) is 0 Å². The maximum Gasteiger partial charge on any atom is 0.488 e. The second kappa shape index (κ2) is 13.2. The van der Waals surface area contributed by atoms with Crippen LogP contribution in [-0.4, -0.2) is 82.8 Å². The molecule has 0 amide bonds. The third-order valence-corrected chi connectivity index (χ3v) is 9.52. The number of imidazole rings is 2. The van der Waals surface area contributed by atoms with Gasteiger partial charge in [0.05, 0.1) is 44.5 Å². The van der Waals surface area contributed by atoms with Gasteiger partial charge < -0.3 is 29.2 Å². The first-order valence-corrected chi connectivity index (χ1v) is 17.7. The molecule has 0 bridgehead atoms. The third-order valence-electron chi connectivity index (χ3n) is 7.30. The van der Waals surface area contributed by atoms with Crippen molar-refractivity contribution in [1.29, 1.82) is 0 Å². The highest BCUT2D eigenvalue weighted by molar-refractivity contribution is 7.91. The molecular weight excluding hydrogens is 630 g/mol. The van der Waals surface area contributed by atoms with Crippen LogP contribution >= 0.6 is 0 Å². The molecule has 0 spiro atoms. The Morgan fingerprint density at radius 1 is 0.565 bits per heavy atom. The summed E-state index contributed by atoms with van der Waals surface area (Å²) < 4.78 is 50.3. The van der Waals surface area contributed by atoms with E-state index in [1.165, 1.54) is 12.5 Å². The zero-order chi connectivity index (χ0) is 33.2. The molecule has 46 heavy (non-hydrogen) atoms. The number of rotatable bonds is 8. The van der Waals surface area contributed by atoms with E-state index in [0.29, 0.717) is 29.5 Å². The zero-order valence-electron chi connectivity index (χ0n) is 24.8. The second-order valence-electron chi connectivity index (χ2n) is 10.8. The smallest absolute Gasteiger partial charge is 0.423 e. The first-order chi connectivity index (χ1) is 21.7. The number of benzene rings is 4. The molecule has 0 saturated carbocycles. The number of nitrogens with zero attached hydrogens (tertiary/aromatic N) is 4. The monoisotopic (exact) mass is 660 g/mol. The van der Waals surface area contributed by atoms with E-state index >= 15 is 0 Å². The summed E-state index contributed by atoms with van der Waals surface area (Å²) >= 11 is 0. The largest absolute Gasteiger partial charge is 0.488 e. The molecule has 4 aromatic carbocycles. The van der Waals surface area contributed by atoms with E-state index in [9.17, 15) is 16.8 Å². The average Bonchev–Trinajstić information content (AvgIpc) is 3.60. The maximum atomic E-state index is 11.7. The number of hydrogen-bond acceptors (Lipinski definition) is 10. The Kier molecular flexibility index (Phi) is 9.49. The van der Waals surface area contributed by atoms with Gasteiger partial charge >= 0.3 is 14.2 Å². The Labute approximate surface area is 266 Å². The fraction of sp³-hybridized carbons (Fsp3) is 0.133. The van der Waals surface area contributed by atoms with Crippen LogP contribution in [0.15, 0.2) is 107 Å². The molecule has 0 saturated heterocycles. The molecule has 12 nitrogen and oxygen atoms in total. The number of hydrogen-bond donors (Lipinski definition) is 4. The normalized spacial score (nSPS) is 11.8. The summed E-state index contributed by atoms with van der Waals surface area (Å²) in [7, 11) is -9.50. The molecule has 0 fully saturated rings. The van der Waals surface area contributed by atoms with Crippen molar-refractivity contribution in [2.45, 2.75) is 22.9 Å². The van der Waals surface area contributed by atoms with Crippen molar-refractivity contribution in [3.63, 3.8) is 0 Å². The van der Waals surface area contributed by atoms with Crippen molar-refractivity contribution < 1.29 is 36.9 Å². The first kappa shape index (κ1) is 33.1. The van der Waals surface area contributed by atoms with Gasteiger partial charge in [0, 0.05) is 25.6 Å². The second-order valence-corrected chi connectivity index (χ2v) is 14.9. The zero-order valence-corrected chi connectivity index (χ0v) is 26.5. The first-order valence-electron chi connectivity index (χ1n) is 13.9. The van der Waals surface area contributed by atoms with Gasteiger partial charge in [-0.3, -0.25) is 0 Å². The molecule has 0 aliphatic rings. The van der Waals surface area contributed by atoms with Crippen molar-refractivity contribution in [3.8, 4) is 0 Å². The number of aromatic nitrogens is 4. The third kappa shape index (κ3) is 7.73. The molecule has 2 heterocycles. The van der Waals surface area contributed by atoms with Crippen molar-refractivity contribution in [3.05, 3.63) is 109 Å². The van der Waals surface area contributed by atoms with Crippen LogP contribution < -0.4 is 10.9 Å². The molecule has 0 aliphatic carbocycles. The minimum atomic E-state index is -3.27. The summed E-state index contributed by atoms with van der Waals surface area (Å²) in [6, 6.07) is 23.5. The summed E-state index contributed by atoms with van der Waals surface area (Å²) in [5, 5.41) is 36.4. The summed E-state index contributed by atoms with van der Waals surface area (Å²) in [4.78, 5) is 9.03. The predicted octanol–water partition coefficient (Wildman–Crippen LogP) is 0.336. The highest BCUT2D eigenvalue weighted by Gasteiger charge is 2.14. The van der Waals surface area contributed by atoms with E-state index in [1.54, 1.807) is 85.5 Å². The Balaban J connectivity index is 0.000000181. The van der Waals surface area contributed by atoms with Gasteiger partial charge in [0.15, 0.2) is 19.7 Å². The van der Waals surface area contributed by atoms with Crippen LogP contribution in [-0.2, 0) is 32.8 Å². The number of sulfone groups is 2. The molecule has 0 aliphatic heterocycles. The summed E-state index contributed by atoms with van der Waals surface area (Å²) in [5.74, 6) is 0. The highest BCUT2D eigenvalue weighted by Crippen LogP contribution is 2.20. The number of fused-ring (bicyclic) bond motifs is 2. The van der Waals surface area contributed by atoms with Gasteiger partial charge in [-0.05, 0) is 58.5 Å². The SMILES string of the molecule is CS(=O)(=O)c1ccc2c(c1)ncn2Cc1ccc(B(O)O)cc1.CS(=O)(=O)c1ccc2ncn(Cc3ccc(B(O)O)cc3)c2c1. The molecule has 6 rings (SSSR count). The minimum Gasteiger partial charge on any atom is -0.423 e. The molecule has 6 aromatic rings. The topological polar surface area (TPSA) is 185 Å². The van der Waals surface area contributed by atoms with Gasteiger partial charge in [0.2, 0.25) is 0 Å². The molecular formula is C30H30B2N4O8S2. The fourth-order valence-corrected chi connectivity index (χ4v) is 6.06. The highest BCUT2D eigenvalue weighted by atomic mass is 32.2. The van der Waals surface area contributed by atoms with Crippen LogP contribution in [0.25, 0.3) is 22.1 Å². The lowest BCUT2D eigenvalue weighted by Gasteiger charge is -2.07. The Morgan fingerprint density at radius 2 is 1.00 bits per heavy atom. The molecule has 16 heteroatoms. The predicted molar refractivity (Wildman–Crippen MR) is 176 cm³/mol. The van der Waals surface area contributed by atoms with Gasteiger partial charge in [-0.25, -0.2) is 26.8 Å². The lowest BCUT2D eigenvalue weighted by atomic mass is 9.80. The van der Waals surface area contributed by atoms with E-state index < -0.39 is 33.9 Å². The quantitative estimate of drug-likeness (QED) is 0.166. The van der Waals surface area contributed by atoms with E-state index in [4.69, 9.17) is 20.1 Å². The van der Waals surface area contributed by atoms with Crippen molar-refractivity contribution in [1.82, 2.24) is 19.1 Å². The van der Waals surface area contributed by atoms with Crippen LogP contribution in [0.4, 0.5) is 0 Å². The molecule has 4 N–H and O–H groups in total. The van der Waals surface area contributed by atoms with Crippen LogP contribution in [0.3, 0.4) is 0 Å². The minimum absolute atomic E-state index is 0.247.